The van der Waals surface area contributed by atoms with Gasteiger partial charge in [-0.2, -0.15) is 0 Å². The molecule has 6 nitrogen and oxygen atoms in total. The molecular formula is C22H26FN3O3. The summed E-state index contributed by atoms with van der Waals surface area (Å²) < 4.78 is 13.4. The van der Waals surface area contributed by atoms with Gasteiger partial charge in [0.1, 0.15) is 5.82 Å². The highest BCUT2D eigenvalue weighted by atomic mass is 19.1. The van der Waals surface area contributed by atoms with Crippen molar-refractivity contribution in [3.8, 4) is 0 Å². The van der Waals surface area contributed by atoms with Crippen LogP contribution >= 0.6 is 0 Å². The Kier molecular flexibility index (Phi) is 6.61. The fourth-order valence-electron chi connectivity index (χ4n) is 4.05. The normalized spacial score (nSPS) is 19.8. The summed E-state index contributed by atoms with van der Waals surface area (Å²) in [6.07, 6.45) is 0.195. The standard InChI is InChI=1S/C22H26FN3O3/c1-15-12-25(14-17-6-8-19(9-7-17)22(28)24-29)13-16(2)26(15)21(27)11-18-4-3-5-20(23)10-18/h3-10,15-16,29H,11-14H2,1-2H3,(H,24,28)/t15-,16+. The van der Waals surface area contributed by atoms with E-state index in [2.05, 4.69) is 4.90 Å². The lowest BCUT2D eigenvalue weighted by Gasteiger charge is -2.44. The van der Waals surface area contributed by atoms with Crippen molar-refractivity contribution in [1.82, 2.24) is 15.3 Å². The van der Waals surface area contributed by atoms with Gasteiger partial charge in [0.2, 0.25) is 5.91 Å². The Morgan fingerprint density at radius 3 is 2.31 bits per heavy atom. The van der Waals surface area contributed by atoms with Gasteiger partial charge in [-0.25, -0.2) is 9.87 Å². The van der Waals surface area contributed by atoms with Gasteiger partial charge in [-0.3, -0.25) is 19.7 Å². The smallest absolute Gasteiger partial charge is 0.274 e. The average molecular weight is 399 g/mol. The summed E-state index contributed by atoms with van der Waals surface area (Å²) in [5.74, 6) is -0.859. The van der Waals surface area contributed by atoms with Crippen LogP contribution in [-0.4, -0.2) is 52.0 Å². The molecule has 0 saturated carbocycles. The van der Waals surface area contributed by atoms with Gasteiger partial charge < -0.3 is 4.90 Å². The molecule has 0 bridgehead atoms. The van der Waals surface area contributed by atoms with Gasteiger partial charge in [-0.1, -0.05) is 24.3 Å². The first-order valence-electron chi connectivity index (χ1n) is 9.68. The van der Waals surface area contributed by atoms with E-state index in [-0.39, 0.29) is 30.2 Å². The van der Waals surface area contributed by atoms with Gasteiger partial charge in [0.05, 0.1) is 6.42 Å². The number of piperazine rings is 1. The molecule has 2 amide bonds. The van der Waals surface area contributed by atoms with E-state index in [0.717, 1.165) is 18.7 Å². The number of benzene rings is 2. The lowest BCUT2D eigenvalue weighted by molar-refractivity contribution is -0.138. The highest BCUT2D eigenvalue weighted by molar-refractivity contribution is 5.93. The number of amides is 2. The maximum atomic E-state index is 13.4. The molecule has 0 unspecified atom stereocenters. The van der Waals surface area contributed by atoms with Crippen LogP contribution in [-0.2, 0) is 17.8 Å². The summed E-state index contributed by atoms with van der Waals surface area (Å²) in [5.41, 5.74) is 3.75. The lowest BCUT2D eigenvalue weighted by atomic mass is 10.0. The van der Waals surface area contributed by atoms with Crippen molar-refractivity contribution in [1.29, 1.82) is 0 Å². The van der Waals surface area contributed by atoms with Gasteiger partial charge in [0.25, 0.3) is 5.91 Å². The molecule has 1 fully saturated rings. The van der Waals surface area contributed by atoms with E-state index < -0.39 is 5.91 Å². The van der Waals surface area contributed by atoms with Crippen molar-refractivity contribution in [2.45, 2.75) is 38.9 Å². The Hall–Kier alpha value is -2.77. The Morgan fingerprint density at radius 1 is 1.07 bits per heavy atom. The van der Waals surface area contributed by atoms with Crippen molar-refractivity contribution >= 4 is 11.8 Å². The van der Waals surface area contributed by atoms with Crippen LogP contribution < -0.4 is 5.48 Å². The molecule has 2 atom stereocenters. The van der Waals surface area contributed by atoms with Crippen molar-refractivity contribution in [3.63, 3.8) is 0 Å². The molecule has 3 rings (SSSR count). The van der Waals surface area contributed by atoms with E-state index in [1.165, 1.54) is 12.1 Å². The largest absolute Gasteiger partial charge is 0.334 e. The molecule has 154 valence electrons. The molecule has 7 heteroatoms. The van der Waals surface area contributed by atoms with Crippen LogP contribution in [0.3, 0.4) is 0 Å². The van der Waals surface area contributed by atoms with Gasteiger partial charge >= 0.3 is 0 Å². The van der Waals surface area contributed by atoms with Crippen LogP contribution in [0.2, 0.25) is 0 Å². The molecule has 0 aromatic heterocycles. The number of rotatable bonds is 5. The summed E-state index contributed by atoms with van der Waals surface area (Å²) in [5, 5.41) is 8.69. The second-order valence-electron chi connectivity index (χ2n) is 7.64. The maximum Gasteiger partial charge on any atom is 0.274 e. The first-order valence-corrected chi connectivity index (χ1v) is 9.68. The van der Waals surface area contributed by atoms with Crippen molar-refractivity contribution in [3.05, 3.63) is 71.0 Å². The summed E-state index contributed by atoms with van der Waals surface area (Å²) in [7, 11) is 0. The van der Waals surface area contributed by atoms with Crippen LogP contribution in [0.4, 0.5) is 4.39 Å². The predicted octanol–water partition coefficient (Wildman–Crippen LogP) is 2.61. The summed E-state index contributed by atoms with van der Waals surface area (Å²) in [6, 6.07) is 13.3. The van der Waals surface area contributed by atoms with Gasteiger partial charge in [-0.15, -0.1) is 0 Å². The van der Waals surface area contributed by atoms with Crippen LogP contribution in [0.25, 0.3) is 0 Å². The maximum absolute atomic E-state index is 13.4. The molecule has 1 aliphatic rings. The molecule has 0 radical (unpaired) electrons. The van der Waals surface area contributed by atoms with Crippen molar-refractivity contribution in [2.24, 2.45) is 0 Å². The van der Waals surface area contributed by atoms with Crippen LogP contribution in [0.15, 0.2) is 48.5 Å². The molecule has 0 spiro atoms. The highest BCUT2D eigenvalue weighted by Crippen LogP contribution is 2.20. The van der Waals surface area contributed by atoms with E-state index in [1.807, 2.05) is 30.9 Å². The zero-order valence-electron chi connectivity index (χ0n) is 16.6. The van der Waals surface area contributed by atoms with Crippen LogP contribution in [0.5, 0.6) is 0 Å². The minimum Gasteiger partial charge on any atom is -0.334 e. The SMILES string of the molecule is C[C@@H]1CN(Cc2ccc(C(=O)NO)cc2)C[C@H](C)N1C(=O)Cc1cccc(F)c1. The molecule has 1 aliphatic heterocycles. The Balaban J connectivity index is 1.60. The number of hydrogen-bond donors (Lipinski definition) is 2. The third-order valence-corrected chi connectivity index (χ3v) is 5.25. The third-order valence-electron chi connectivity index (χ3n) is 5.25. The molecule has 1 heterocycles. The number of halogens is 1. The van der Waals surface area contributed by atoms with Crippen LogP contribution in [0.1, 0.15) is 35.3 Å². The van der Waals surface area contributed by atoms with E-state index in [9.17, 15) is 14.0 Å². The molecular weight excluding hydrogens is 373 g/mol. The average Bonchev–Trinajstić information content (AvgIpc) is 2.67. The van der Waals surface area contributed by atoms with Crippen LogP contribution in [0, 0.1) is 5.82 Å². The monoisotopic (exact) mass is 399 g/mol. The summed E-state index contributed by atoms with van der Waals surface area (Å²) in [4.78, 5) is 28.4. The fraction of sp³-hybridized carbons (Fsp3) is 0.364. The minimum absolute atomic E-state index is 0.00891. The number of carbonyl (C=O) groups is 2. The molecule has 2 aromatic rings. The number of hydroxylamine groups is 1. The molecule has 0 aliphatic carbocycles. The number of carbonyl (C=O) groups excluding carboxylic acids is 2. The third kappa shape index (κ3) is 5.19. The first-order chi connectivity index (χ1) is 13.9. The fourth-order valence-corrected chi connectivity index (χ4v) is 4.05. The molecule has 1 saturated heterocycles. The lowest BCUT2D eigenvalue weighted by Crippen LogP contribution is -2.58. The quantitative estimate of drug-likeness (QED) is 0.599. The highest BCUT2D eigenvalue weighted by Gasteiger charge is 2.32. The summed E-state index contributed by atoms with van der Waals surface area (Å²) >= 11 is 0. The minimum atomic E-state index is -0.538. The van der Waals surface area contributed by atoms with Gasteiger partial charge in [-0.05, 0) is 49.2 Å². The van der Waals surface area contributed by atoms with Gasteiger partial charge in [0.15, 0.2) is 0 Å². The number of hydrogen-bond acceptors (Lipinski definition) is 4. The van der Waals surface area contributed by atoms with Gasteiger partial charge in [0, 0.05) is 37.3 Å². The zero-order valence-corrected chi connectivity index (χ0v) is 16.6. The zero-order chi connectivity index (χ0) is 21.0. The second kappa shape index (κ2) is 9.15. The van der Waals surface area contributed by atoms with E-state index in [0.29, 0.717) is 17.7 Å². The molecule has 29 heavy (non-hydrogen) atoms. The Labute approximate surface area is 169 Å². The predicted molar refractivity (Wildman–Crippen MR) is 107 cm³/mol. The van der Waals surface area contributed by atoms with E-state index >= 15 is 0 Å². The summed E-state index contributed by atoms with van der Waals surface area (Å²) in [6.45, 7) is 6.24. The Morgan fingerprint density at radius 2 is 1.72 bits per heavy atom. The Bertz CT molecular complexity index is 860. The number of nitrogens with one attached hydrogen (secondary N) is 1. The number of nitrogens with zero attached hydrogens (tertiary/aromatic N) is 2. The van der Waals surface area contributed by atoms with Crippen molar-refractivity contribution in [2.75, 3.05) is 13.1 Å². The molecule has 2 aromatic carbocycles. The van der Waals surface area contributed by atoms with E-state index in [1.54, 1.807) is 29.7 Å². The molecule has 2 N–H and O–H groups in total. The first kappa shape index (κ1) is 21.0. The topological polar surface area (TPSA) is 72.9 Å². The van der Waals surface area contributed by atoms with Crippen molar-refractivity contribution < 1.29 is 19.2 Å². The second-order valence-corrected chi connectivity index (χ2v) is 7.64. The van der Waals surface area contributed by atoms with E-state index in [4.69, 9.17) is 5.21 Å².